The molecule has 9 nitrogen and oxygen atoms in total. The largest absolute Gasteiger partial charge is 0.445 e. The second kappa shape index (κ2) is 8.95. The van der Waals surface area contributed by atoms with Gasteiger partial charge in [-0.1, -0.05) is 54.6 Å². The summed E-state index contributed by atoms with van der Waals surface area (Å²) >= 11 is 0. The van der Waals surface area contributed by atoms with E-state index in [4.69, 9.17) is 10.5 Å². The standard InChI is InChI=1S/C20H21N3O6S/c21-19(25)16(22-20(26)29-12-14-4-2-1-3-5-14)10-13-6-8-15(9-7-13)17-11-18(24)23-30(17,27)28/h1-9,16-17H,10-12H2,(H2,21,25)(H,22,26)(H,23,24)/t16-,17?/m0/s1. The van der Waals surface area contributed by atoms with E-state index in [2.05, 4.69) is 5.32 Å². The van der Waals surface area contributed by atoms with E-state index < -0.39 is 39.2 Å². The molecule has 0 aromatic heterocycles. The van der Waals surface area contributed by atoms with Crippen molar-refractivity contribution in [1.29, 1.82) is 0 Å². The highest BCUT2D eigenvalue weighted by molar-refractivity contribution is 7.90. The predicted octanol–water partition coefficient (Wildman–Crippen LogP) is 0.900. The Balaban J connectivity index is 1.60. The number of sulfonamides is 1. The summed E-state index contributed by atoms with van der Waals surface area (Å²) in [5, 5.41) is 1.49. The van der Waals surface area contributed by atoms with Crippen molar-refractivity contribution in [1.82, 2.24) is 10.0 Å². The van der Waals surface area contributed by atoms with E-state index in [9.17, 15) is 22.8 Å². The van der Waals surface area contributed by atoms with Gasteiger partial charge < -0.3 is 15.8 Å². The van der Waals surface area contributed by atoms with Gasteiger partial charge in [-0.05, 0) is 16.7 Å². The van der Waals surface area contributed by atoms with Gasteiger partial charge in [-0.3, -0.25) is 14.3 Å². The Morgan fingerprint density at radius 2 is 1.77 bits per heavy atom. The average molecular weight is 431 g/mol. The molecule has 30 heavy (non-hydrogen) atoms. The number of hydrogen-bond acceptors (Lipinski definition) is 6. The van der Waals surface area contributed by atoms with Gasteiger partial charge in [0.2, 0.25) is 21.8 Å². The first-order valence-corrected chi connectivity index (χ1v) is 10.7. The molecule has 3 amide bonds. The van der Waals surface area contributed by atoms with Gasteiger partial charge in [-0.2, -0.15) is 0 Å². The van der Waals surface area contributed by atoms with E-state index >= 15 is 0 Å². The van der Waals surface area contributed by atoms with Crippen molar-refractivity contribution >= 4 is 27.9 Å². The summed E-state index contributed by atoms with van der Waals surface area (Å²) in [5.74, 6) is -1.28. The maximum atomic E-state index is 12.0. The van der Waals surface area contributed by atoms with Gasteiger partial charge in [0, 0.05) is 6.42 Å². The monoisotopic (exact) mass is 431 g/mol. The fraction of sp³-hybridized carbons (Fsp3) is 0.250. The molecule has 2 aromatic rings. The Hall–Kier alpha value is -3.40. The first-order chi connectivity index (χ1) is 14.2. The summed E-state index contributed by atoms with van der Waals surface area (Å²) in [7, 11) is -3.73. The second-order valence-corrected chi connectivity index (χ2v) is 8.73. The first-order valence-electron chi connectivity index (χ1n) is 9.14. The number of amides is 3. The van der Waals surface area contributed by atoms with Crippen molar-refractivity contribution in [3.8, 4) is 0 Å². The molecule has 1 fully saturated rings. The molecule has 158 valence electrons. The summed E-state index contributed by atoms with van der Waals surface area (Å²) in [6, 6.07) is 14.5. The lowest BCUT2D eigenvalue weighted by Gasteiger charge is -2.16. The zero-order valence-electron chi connectivity index (χ0n) is 15.9. The fourth-order valence-corrected chi connectivity index (χ4v) is 4.51. The molecule has 0 radical (unpaired) electrons. The van der Waals surface area contributed by atoms with Crippen molar-refractivity contribution in [3.05, 3.63) is 71.3 Å². The lowest BCUT2D eigenvalue weighted by molar-refractivity contribution is -0.120. The number of benzene rings is 2. The minimum Gasteiger partial charge on any atom is -0.445 e. The van der Waals surface area contributed by atoms with Gasteiger partial charge in [-0.25, -0.2) is 13.2 Å². The van der Waals surface area contributed by atoms with Crippen molar-refractivity contribution in [2.75, 3.05) is 0 Å². The van der Waals surface area contributed by atoms with Crippen LogP contribution in [0.3, 0.4) is 0 Å². The molecule has 2 atom stereocenters. The summed E-state index contributed by atoms with van der Waals surface area (Å²) in [6.45, 7) is 0.0511. The molecule has 3 rings (SSSR count). The highest BCUT2D eigenvalue weighted by Crippen LogP contribution is 2.30. The summed E-state index contributed by atoms with van der Waals surface area (Å²) in [6.07, 6.45) is -0.814. The van der Waals surface area contributed by atoms with Gasteiger partial charge in [0.15, 0.2) is 0 Å². The molecule has 2 aromatic carbocycles. The molecule has 1 aliphatic heterocycles. The molecule has 1 heterocycles. The molecule has 0 aliphatic carbocycles. The summed E-state index contributed by atoms with van der Waals surface area (Å²) in [4.78, 5) is 35.1. The van der Waals surface area contributed by atoms with Crippen LogP contribution in [0.1, 0.15) is 28.4 Å². The number of primary amides is 1. The number of ether oxygens (including phenoxy) is 1. The van der Waals surface area contributed by atoms with Gasteiger partial charge in [0.25, 0.3) is 0 Å². The maximum absolute atomic E-state index is 12.0. The fourth-order valence-electron chi connectivity index (χ4n) is 3.08. The number of nitrogens with one attached hydrogen (secondary N) is 2. The zero-order valence-corrected chi connectivity index (χ0v) is 16.7. The quantitative estimate of drug-likeness (QED) is 0.594. The van der Waals surface area contributed by atoms with Crippen LogP contribution in [0.15, 0.2) is 54.6 Å². The summed E-state index contributed by atoms with van der Waals surface area (Å²) in [5.41, 5.74) is 7.30. The molecule has 1 aliphatic rings. The lowest BCUT2D eigenvalue weighted by atomic mass is 10.0. The third-order valence-electron chi connectivity index (χ3n) is 4.64. The van der Waals surface area contributed by atoms with Crippen LogP contribution in [0.2, 0.25) is 0 Å². The normalized spacial score (nSPS) is 18.3. The average Bonchev–Trinajstić information content (AvgIpc) is 2.99. The molecule has 0 bridgehead atoms. The van der Waals surface area contributed by atoms with E-state index in [1.165, 1.54) is 0 Å². The third-order valence-corrected chi connectivity index (χ3v) is 6.34. The zero-order chi connectivity index (χ0) is 21.7. The highest BCUT2D eigenvalue weighted by atomic mass is 32.2. The Morgan fingerprint density at radius 3 is 2.33 bits per heavy atom. The number of alkyl carbamates (subject to hydrolysis) is 1. The lowest BCUT2D eigenvalue weighted by Crippen LogP contribution is -2.46. The predicted molar refractivity (Wildman–Crippen MR) is 107 cm³/mol. The van der Waals surface area contributed by atoms with Gasteiger partial charge in [0.1, 0.15) is 17.9 Å². The molecule has 0 spiro atoms. The topological polar surface area (TPSA) is 145 Å². The molecule has 10 heteroatoms. The van der Waals surface area contributed by atoms with Crippen LogP contribution in [-0.2, 0) is 37.4 Å². The Labute approximate surface area is 173 Å². The maximum Gasteiger partial charge on any atom is 0.408 e. The third kappa shape index (κ3) is 5.35. The number of hydrogen-bond donors (Lipinski definition) is 3. The van der Waals surface area contributed by atoms with Crippen LogP contribution in [-0.4, -0.2) is 32.4 Å². The molecule has 4 N–H and O–H groups in total. The van der Waals surface area contributed by atoms with Gasteiger partial charge >= 0.3 is 6.09 Å². The van der Waals surface area contributed by atoms with Gasteiger partial charge in [-0.15, -0.1) is 0 Å². The van der Waals surface area contributed by atoms with Crippen LogP contribution in [0, 0.1) is 0 Å². The first kappa shape index (κ1) is 21.3. The van der Waals surface area contributed by atoms with Crippen molar-refractivity contribution in [2.45, 2.75) is 30.7 Å². The van der Waals surface area contributed by atoms with E-state index in [1.54, 1.807) is 36.4 Å². The van der Waals surface area contributed by atoms with Crippen molar-refractivity contribution < 1.29 is 27.5 Å². The summed E-state index contributed by atoms with van der Waals surface area (Å²) < 4.78 is 31.0. The molecule has 1 unspecified atom stereocenters. The second-order valence-electron chi connectivity index (χ2n) is 6.87. The molecular weight excluding hydrogens is 410 g/mol. The van der Waals surface area contributed by atoms with Crippen LogP contribution < -0.4 is 15.8 Å². The molecule has 1 saturated heterocycles. The van der Waals surface area contributed by atoms with E-state index in [0.717, 1.165) is 5.56 Å². The number of carbonyl (C=O) groups is 3. The Kier molecular flexibility index (Phi) is 6.36. The highest BCUT2D eigenvalue weighted by Gasteiger charge is 2.37. The number of carbonyl (C=O) groups excluding carboxylic acids is 3. The van der Waals surface area contributed by atoms with Crippen LogP contribution in [0.5, 0.6) is 0 Å². The Bertz CT molecular complexity index is 1040. The minimum atomic E-state index is -3.73. The number of nitrogens with two attached hydrogens (primary N) is 1. The minimum absolute atomic E-state index is 0.0511. The van der Waals surface area contributed by atoms with Crippen LogP contribution >= 0.6 is 0 Å². The molecular formula is C20H21N3O6S. The Morgan fingerprint density at radius 1 is 1.10 bits per heavy atom. The van der Waals surface area contributed by atoms with Gasteiger partial charge in [0.05, 0.1) is 6.42 Å². The number of rotatable bonds is 7. The van der Waals surface area contributed by atoms with E-state index in [0.29, 0.717) is 11.1 Å². The van der Waals surface area contributed by atoms with Crippen LogP contribution in [0.4, 0.5) is 4.79 Å². The van der Waals surface area contributed by atoms with Crippen molar-refractivity contribution in [2.24, 2.45) is 5.73 Å². The molecule has 0 saturated carbocycles. The van der Waals surface area contributed by atoms with Crippen LogP contribution in [0.25, 0.3) is 0 Å². The smallest absolute Gasteiger partial charge is 0.408 e. The van der Waals surface area contributed by atoms with E-state index in [1.807, 2.05) is 22.9 Å². The van der Waals surface area contributed by atoms with Crippen molar-refractivity contribution in [3.63, 3.8) is 0 Å². The van der Waals surface area contributed by atoms with E-state index in [-0.39, 0.29) is 19.4 Å². The SMILES string of the molecule is NC(=O)[C@H](Cc1ccc(C2CC(=O)NS2(=O)=O)cc1)NC(=O)OCc1ccccc1.